The van der Waals surface area contributed by atoms with Crippen molar-refractivity contribution < 1.29 is 0 Å². The summed E-state index contributed by atoms with van der Waals surface area (Å²) in [6.07, 6.45) is 5.78. The molecule has 0 aliphatic heterocycles. The monoisotopic (exact) mass is 276 g/mol. The SMILES string of the molecule is Cc1ccc(-n2ccc3c2ncn2c(C)cnc32)cc1C. The molecule has 0 N–H and O–H groups in total. The fourth-order valence-corrected chi connectivity index (χ4v) is 2.72. The summed E-state index contributed by atoms with van der Waals surface area (Å²) in [6.45, 7) is 6.30. The molecule has 0 spiro atoms. The molecule has 0 aliphatic carbocycles. The van der Waals surface area contributed by atoms with Crippen LogP contribution < -0.4 is 0 Å². The van der Waals surface area contributed by atoms with Crippen LogP contribution >= 0.6 is 0 Å². The Hall–Kier alpha value is -2.62. The summed E-state index contributed by atoms with van der Waals surface area (Å²) in [5.41, 5.74) is 6.71. The zero-order valence-corrected chi connectivity index (χ0v) is 12.3. The number of hydrogen-bond donors (Lipinski definition) is 0. The standard InChI is InChI=1S/C17H16N4/c1-11-4-5-14(8-12(11)2)20-7-6-15-16-18-9-13(3)21(16)10-19-17(15)20/h4-10H,1-3H3. The van der Waals surface area contributed by atoms with Gasteiger partial charge in [-0.1, -0.05) is 6.07 Å². The molecule has 0 atom stereocenters. The molecule has 4 nitrogen and oxygen atoms in total. The maximum atomic E-state index is 4.62. The maximum Gasteiger partial charge on any atom is 0.149 e. The third-order valence-electron chi connectivity index (χ3n) is 4.15. The second-order valence-corrected chi connectivity index (χ2v) is 5.53. The number of imidazole rings is 1. The molecular formula is C17H16N4. The molecule has 0 aliphatic rings. The number of rotatable bonds is 1. The number of aromatic nitrogens is 4. The summed E-state index contributed by atoms with van der Waals surface area (Å²) < 4.78 is 4.14. The van der Waals surface area contributed by atoms with Gasteiger partial charge >= 0.3 is 0 Å². The predicted molar refractivity (Wildman–Crippen MR) is 84.0 cm³/mol. The van der Waals surface area contributed by atoms with Crippen LogP contribution in [0, 0.1) is 20.8 Å². The highest BCUT2D eigenvalue weighted by atomic mass is 15.1. The van der Waals surface area contributed by atoms with Crippen molar-refractivity contribution in [2.24, 2.45) is 0 Å². The molecule has 4 rings (SSSR count). The Bertz CT molecular complexity index is 975. The number of aryl methyl sites for hydroxylation is 3. The molecule has 4 heteroatoms. The lowest BCUT2D eigenvalue weighted by molar-refractivity contribution is 1.03. The molecule has 0 unspecified atom stereocenters. The lowest BCUT2D eigenvalue weighted by Crippen LogP contribution is -1.97. The lowest BCUT2D eigenvalue weighted by Gasteiger charge is -2.08. The zero-order chi connectivity index (χ0) is 14.6. The van der Waals surface area contributed by atoms with Gasteiger partial charge in [-0.2, -0.15) is 0 Å². The molecule has 0 amide bonds. The number of hydrogen-bond acceptors (Lipinski definition) is 2. The van der Waals surface area contributed by atoms with E-state index in [0.29, 0.717) is 0 Å². The Morgan fingerprint density at radius 3 is 2.57 bits per heavy atom. The van der Waals surface area contributed by atoms with Crippen molar-refractivity contribution >= 4 is 16.7 Å². The normalized spacial score (nSPS) is 11.6. The third kappa shape index (κ3) is 1.69. The van der Waals surface area contributed by atoms with Crippen LogP contribution in [0.3, 0.4) is 0 Å². The minimum Gasteiger partial charge on any atom is -0.301 e. The second kappa shape index (κ2) is 4.19. The molecular weight excluding hydrogens is 260 g/mol. The largest absolute Gasteiger partial charge is 0.301 e. The van der Waals surface area contributed by atoms with Crippen molar-refractivity contribution in [1.82, 2.24) is 18.9 Å². The van der Waals surface area contributed by atoms with Gasteiger partial charge in [-0.3, -0.25) is 4.40 Å². The van der Waals surface area contributed by atoms with Gasteiger partial charge in [0.05, 0.1) is 5.39 Å². The van der Waals surface area contributed by atoms with E-state index in [1.165, 1.54) is 11.1 Å². The Kier molecular flexibility index (Phi) is 2.42. The van der Waals surface area contributed by atoms with Gasteiger partial charge in [-0.25, -0.2) is 9.97 Å². The van der Waals surface area contributed by atoms with E-state index < -0.39 is 0 Å². The van der Waals surface area contributed by atoms with Crippen molar-refractivity contribution in [3.8, 4) is 5.69 Å². The van der Waals surface area contributed by atoms with Crippen molar-refractivity contribution in [1.29, 1.82) is 0 Å². The first-order valence-electron chi connectivity index (χ1n) is 7.02. The van der Waals surface area contributed by atoms with Crippen molar-refractivity contribution in [2.45, 2.75) is 20.8 Å². The smallest absolute Gasteiger partial charge is 0.149 e. The van der Waals surface area contributed by atoms with E-state index in [2.05, 4.69) is 58.8 Å². The van der Waals surface area contributed by atoms with Crippen LogP contribution in [-0.4, -0.2) is 18.9 Å². The van der Waals surface area contributed by atoms with Crippen LogP contribution in [-0.2, 0) is 0 Å². The molecule has 0 bridgehead atoms. The highest BCUT2D eigenvalue weighted by molar-refractivity contribution is 5.90. The molecule has 104 valence electrons. The lowest BCUT2D eigenvalue weighted by atomic mass is 10.1. The van der Waals surface area contributed by atoms with Gasteiger partial charge in [-0.05, 0) is 50.1 Å². The van der Waals surface area contributed by atoms with Crippen LogP contribution in [0.25, 0.3) is 22.4 Å². The first-order valence-corrected chi connectivity index (χ1v) is 7.02. The molecule has 3 aromatic heterocycles. The number of benzene rings is 1. The van der Waals surface area contributed by atoms with Crippen molar-refractivity contribution in [3.05, 3.63) is 59.8 Å². The van der Waals surface area contributed by atoms with Gasteiger partial charge in [-0.15, -0.1) is 0 Å². The van der Waals surface area contributed by atoms with Gasteiger partial charge < -0.3 is 4.57 Å². The van der Waals surface area contributed by atoms with E-state index in [0.717, 1.165) is 28.1 Å². The van der Waals surface area contributed by atoms with E-state index in [4.69, 9.17) is 0 Å². The molecule has 0 fully saturated rings. The van der Waals surface area contributed by atoms with Crippen LogP contribution in [0.15, 0.2) is 43.0 Å². The average molecular weight is 276 g/mol. The van der Waals surface area contributed by atoms with Crippen LogP contribution in [0.2, 0.25) is 0 Å². The van der Waals surface area contributed by atoms with E-state index in [1.807, 2.05) is 23.8 Å². The molecule has 4 aromatic rings. The number of nitrogens with zero attached hydrogens (tertiary/aromatic N) is 4. The van der Waals surface area contributed by atoms with Gasteiger partial charge in [0.1, 0.15) is 17.6 Å². The van der Waals surface area contributed by atoms with Crippen LogP contribution in [0.4, 0.5) is 0 Å². The van der Waals surface area contributed by atoms with Crippen LogP contribution in [0.5, 0.6) is 0 Å². The van der Waals surface area contributed by atoms with Crippen LogP contribution in [0.1, 0.15) is 16.8 Å². The summed E-state index contributed by atoms with van der Waals surface area (Å²) in [4.78, 5) is 9.11. The van der Waals surface area contributed by atoms with E-state index in [1.54, 1.807) is 0 Å². The molecule has 0 saturated carbocycles. The van der Waals surface area contributed by atoms with E-state index in [-0.39, 0.29) is 0 Å². The Morgan fingerprint density at radius 1 is 0.905 bits per heavy atom. The molecule has 3 heterocycles. The quantitative estimate of drug-likeness (QED) is 0.532. The topological polar surface area (TPSA) is 35.1 Å². The van der Waals surface area contributed by atoms with Crippen molar-refractivity contribution in [2.75, 3.05) is 0 Å². The summed E-state index contributed by atoms with van der Waals surface area (Å²) in [6, 6.07) is 8.55. The molecule has 0 saturated heterocycles. The highest BCUT2D eigenvalue weighted by Crippen LogP contribution is 2.23. The summed E-state index contributed by atoms with van der Waals surface area (Å²) >= 11 is 0. The summed E-state index contributed by atoms with van der Waals surface area (Å²) in [5.74, 6) is 0. The molecule has 21 heavy (non-hydrogen) atoms. The minimum atomic E-state index is 0.941. The average Bonchev–Trinajstić information content (AvgIpc) is 3.06. The number of fused-ring (bicyclic) bond motifs is 3. The van der Waals surface area contributed by atoms with Gasteiger partial charge in [0.15, 0.2) is 0 Å². The molecule has 1 aromatic carbocycles. The summed E-state index contributed by atoms with van der Waals surface area (Å²) in [5, 5.41) is 1.07. The van der Waals surface area contributed by atoms with Gasteiger partial charge in [0.2, 0.25) is 0 Å². The van der Waals surface area contributed by atoms with Gasteiger partial charge in [0.25, 0.3) is 0 Å². The first kappa shape index (κ1) is 12.1. The Balaban J connectivity index is 2.01. The fraction of sp³-hybridized carbons (Fsp3) is 0.176. The fourth-order valence-electron chi connectivity index (χ4n) is 2.72. The Labute approximate surface area is 122 Å². The summed E-state index contributed by atoms with van der Waals surface area (Å²) in [7, 11) is 0. The van der Waals surface area contributed by atoms with Gasteiger partial charge in [0, 0.05) is 23.8 Å². The first-order chi connectivity index (χ1) is 10.1. The van der Waals surface area contributed by atoms with E-state index >= 15 is 0 Å². The molecule has 0 radical (unpaired) electrons. The van der Waals surface area contributed by atoms with E-state index in [9.17, 15) is 0 Å². The predicted octanol–water partition coefficient (Wildman–Crippen LogP) is 3.60. The second-order valence-electron chi connectivity index (χ2n) is 5.53. The Morgan fingerprint density at radius 2 is 1.76 bits per heavy atom. The van der Waals surface area contributed by atoms with Crippen molar-refractivity contribution in [3.63, 3.8) is 0 Å². The third-order valence-corrected chi connectivity index (χ3v) is 4.15. The zero-order valence-electron chi connectivity index (χ0n) is 12.3. The minimum absolute atomic E-state index is 0.941. The highest BCUT2D eigenvalue weighted by Gasteiger charge is 2.10. The maximum absolute atomic E-state index is 4.62.